The highest BCUT2D eigenvalue weighted by Crippen LogP contribution is 1.69. The average molecular weight is 129 g/mol. The summed E-state index contributed by atoms with van der Waals surface area (Å²) in [6.07, 6.45) is 1.42. The van der Waals surface area contributed by atoms with Gasteiger partial charge in [0.1, 0.15) is 0 Å². The highest BCUT2D eigenvalue weighted by atomic mass is 28.2. The Hall–Kier alpha value is -0.443. The van der Waals surface area contributed by atoms with E-state index in [-0.39, 0.29) is 0 Å². The zero-order valence-electron chi connectivity index (χ0n) is 4.68. The van der Waals surface area contributed by atoms with Gasteiger partial charge in [0.15, 0.2) is 0 Å². The first-order chi connectivity index (χ1) is 3.91. The maximum Gasteiger partial charge on any atom is 0.235 e. The van der Waals surface area contributed by atoms with Crippen molar-refractivity contribution in [1.82, 2.24) is 0 Å². The van der Waals surface area contributed by atoms with Gasteiger partial charge in [-0.1, -0.05) is 0 Å². The summed E-state index contributed by atoms with van der Waals surface area (Å²) in [6, 6.07) is 0. The van der Waals surface area contributed by atoms with E-state index in [4.69, 9.17) is 4.43 Å². The minimum absolute atomic E-state index is 0.435. The van der Waals surface area contributed by atoms with Gasteiger partial charge in [-0.25, -0.2) is 9.79 Å². The summed E-state index contributed by atoms with van der Waals surface area (Å²) < 4.78 is 4.89. The normalized spacial score (nSPS) is 8.12. The third-order valence-corrected chi connectivity index (χ3v) is 1.01. The van der Waals surface area contributed by atoms with E-state index in [1.807, 2.05) is 6.55 Å². The summed E-state index contributed by atoms with van der Waals surface area (Å²) >= 11 is 0. The second kappa shape index (κ2) is 6.56. The fourth-order valence-corrected chi connectivity index (χ4v) is 0.534. The number of carbonyl (C=O) groups excluding carboxylic acids is 1. The Morgan fingerprint density at radius 1 is 1.88 bits per heavy atom. The van der Waals surface area contributed by atoms with Crippen molar-refractivity contribution in [3.05, 3.63) is 0 Å². The summed E-state index contributed by atoms with van der Waals surface area (Å²) in [5, 5.41) is 0. The van der Waals surface area contributed by atoms with Gasteiger partial charge >= 0.3 is 0 Å². The van der Waals surface area contributed by atoms with E-state index in [1.165, 1.54) is 6.08 Å². The van der Waals surface area contributed by atoms with Crippen molar-refractivity contribution in [3.8, 4) is 0 Å². The summed E-state index contributed by atoms with van der Waals surface area (Å²) in [4.78, 5) is 12.7. The summed E-state index contributed by atoms with van der Waals surface area (Å²) in [5.74, 6) is 0. The number of hydrogen-bond donors (Lipinski definition) is 0. The minimum atomic E-state index is 0.435. The van der Waals surface area contributed by atoms with Crippen LogP contribution in [0.3, 0.4) is 0 Å². The summed E-state index contributed by atoms with van der Waals surface area (Å²) in [7, 11) is 0.479. The molecule has 4 heteroatoms. The van der Waals surface area contributed by atoms with Crippen LogP contribution in [-0.4, -0.2) is 29.0 Å². The number of hydrogen-bond acceptors (Lipinski definition) is 3. The topological polar surface area (TPSA) is 38.7 Å². The molecule has 0 aliphatic rings. The van der Waals surface area contributed by atoms with Crippen molar-refractivity contribution < 1.29 is 9.22 Å². The molecule has 0 aromatic heterocycles. The summed E-state index contributed by atoms with van der Waals surface area (Å²) in [5.41, 5.74) is 0. The molecule has 44 valence electrons. The molecule has 0 aliphatic heterocycles. The largest absolute Gasteiger partial charge is 0.416 e. The van der Waals surface area contributed by atoms with Crippen LogP contribution in [0.25, 0.3) is 0 Å². The van der Waals surface area contributed by atoms with Crippen LogP contribution in [0, 0.1) is 0 Å². The first kappa shape index (κ1) is 7.56. The van der Waals surface area contributed by atoms with E-state index < -0.39 is 0 Å². The van der Waals surface area contributed by atoms with Gasteiger partial charge in [0.2, 0.25) is 15.8 Å². The molecule has 0 fully saturated rings. The van der Waals surface area contributed by atoms with E-state index in [2.05, 4.69) is 4.99 Å². The highest BCUT2D eigenvalue weighted by Gasteiger charge is 1.79. The van der Waals surface area contributed by atoms with Crippen LogP contribution >= 0.6 is 0 Å². The van der Waals surface area contributed by atoms with Gasteiger partial charge in [0, 0.05) is 0 Å². The van der Waals surface area contributed by atoms with Gasteiger partial charge < -0.3 is 4.43 Å². The van der Waals surface area contributed by atoms with Crippen LogP contribution in [-0.2, 0) is 9.22 Å². The second-order valence-electron chi connectivity index (χ2n) is 1.03. The smallest absolute Gasteiger partial charge is 0.235 e. The third kappa shape index (κ3) is 5.56. The molecule has 0 aromatic carbocycles. The van der Waals surface area contributed by atoms with Crippen LogP contribution in [0.5, 0.6) is 0 Å². The van der Waals surface area contributed by atoms with Crippen LogP contribution in [0.1, 0.15) is 0 Å². The Morgan fingerprint density at radius 2 is 2.62 bits per heavy atom. The number of aliphatic imine (C=N–C) groups is 1. The molecule has 0 N–H and O–H groups in total. The molecular weight excluding hydrogens is 122 g/mol. The molecule has 2 radical (unpaired) electrons. The molecule has 3 nitrogen and oxygen atoms in total. The molecule has 0 atom stereocenters. The highest BCUT2D eigenvalue weighted by molar-refractivity contribution is 6.24. The van der Waals surface area contributed by atoms with E-state index in [1.54, 1.807) is 0 Å². The fourth-order valence-electron chi connectivity index (χ4n) is 0.239. The van der Waals surface area contributed by atoms with Gasteiger partial charge in [-0.2, -0.15) is 0 Å². The van der Waals surface area contributed by atoms with Crippen molar-refractivity contribution >= 4 is 15.8 Å². The van der Waals surface area contributed by atoms with Crippen LogP contribution in [0.4, 0.5) is 0 Å². The van der Waals surface area contributed by atoms with Crippen LogP contribution < -0.4 is 0 Å². The minimum Gasteiger partial charge on any atom is -0.416 e. The lowest BCUT2D eigenvalue weighted by molar-refractivity contribution is 0.350. The SMILES string of the molecule is C[Si]OCCN=C=O. The Balaban J connectivity index is 2.82. The predicted octanol–water partition coefficient (Wildman–Crippen LogP) is 0.00610. The van der Waals surface area contributed by atoms with E-state index in [0.29, 0.717) is 22.9 Å². The fraction of sp³-hybridized carbons (Fsp3) is 0.750. The van der Waals surface area contributed by atoms with Crippen molar-refractivity contribution in [2.24, 2.45) is 4.99 Å². The Morgan fingerprint density at radius 3 is 3.12 bits per heavy atom. The van der Waals surface area contributed by atoms with Gasteiger partial charge in [0.05, 0.1) is 13.2 Å². The molecular formula is C4H7NO2Si. The van der Waals surface area contributed by atoms with E-state index in [0.717, 1.165) is 0 Å². The molecule has 0 saturated heterocycles. The second-order valence-corrected chi connectivity index (χ2v) is 1.72. The molecule has 0 unspecified atom stereocenters. The summed E-state index contributed by atoms with van der Waals surface area (Å²) in [6.45, 7) is 2.89. The third-order valence-electron chi connectivity index (χ3n) is 0.514. The lowest BCUT2D eigenvalue weighted by atomic mass is 10.7. The monoisotopic (exact) mass is 129 g/mol. The Labute approximate surface area is 50.7 Å². The molecule has 0 bridgehead atoms. The molecule has 8 heavy (non-hydrogen) atoms. The molecule has 0 rings (SSSR count). The maximum absolute atomic E-state index is 9.42. The molecule has 0 spiro atoms. The van der Waals surface area contributed by atoms with Crippen molar-refractivity contribution in [2.75, 3.05) is 13.2 Å². The molecule has 0 aromatic rings. The number of rotatable bonds is 4. The standard InChI is InChI=1S/C4H7NO2Si/c1-8-7-3-2-5-4-6/h2-3H2,1H3. The van der Waals surface area contributed by atoms with Gasteiger partial charge in [0.25, 0.3) is 0 Å². The first-order valence-corrected chi connectivity index (χ1v) is 3.65. The van der Waals surface area contributed by atoms with Crippen molar-refractivity contribution in [2.45, 2.75) is 6.55 Å². The molecule has 0 heterocycles. The van der Waals surface area contributed by atoms with Gasteiger partial charge in [-0.15, -0.1) is 0 Å². The van der Waals surface area contributed by atoms with Crippen LogP contribution in [0.2, 0.25) is 6.55 Å². The molecule has 0 amide bonds. The Bertz CT molecular complexity index is 90.0. The van der Waals surface area contributed by atoms with Crippen molar-refractivity contribution in [3.63, 3.8) is 0 Å². The zero-order valence-corrected chi connectivity index (χ0v) is 5.68. The number of isocyanates is 1. The molecule has 0 aliphatic carbocycles. The van der Waals surface area contributed by atoms with Gasteiger partial charge in [-0.05, 0) is 6.55 Å². The molecule has 0 saturated carbocycles. The van der Waals surface area contributed by atoms with Crippen LogP contribution in [0.15, 0.2) is 4.99 Å². The Kier molecular flexibility index (Phi) is 6.19. The average Bonchev–Trinajstić information content (AvgIpc) is 1.81. The lowest BCUT2D eigenvalue weighted by Gasteiger charge is -1.90. The van der Waals surface area contributed by atoms with E-state index >= 15 is 0 Å². The zero-order chi connectivity index (χ0) is 6.24. The first-order valence-electron chi connectivity index (χ1n) is 2.24. The maximum atomic E-state index is 9.42. The van der Waals surface area contributed by atoms with Gasteiger partial charge in [-0.3, -0.25) is 0 Å². The van der Waals surface area contributed by atoms with E-state index in [9.17, 15) is 4.79 Å². The lowest BCUT2D eigenvalue weighted by Crippen LogP contribution is -1.98. The number of nitrogens with zero attached hydrogens (tertiary/aromatic N) is 1. The quantitative estimate of drug-likeness (QED) is 0.232. The predicted molar refractivity (Wildman–Crippen MR) is 30.6 cm³/mol. The van der Waals surface area contributed by atoms with Crippen molar-refractivity contribution in [1.29, 1.82) is 0 Å².